The SMILES string of the molecule is BrCc1noc2ccc(Br)cc12. The molecule has 0 radical (unpaired) electrons. The van der Waals surface area contributed by atoms with Gasteiger partial charge in [-0.25, -0.2) is 0 Å². The lowest BCUT2D eigenvalue weighted by atomic mass is 10.2. The Bertz CT molecular complexity index is 410. The molecule has 0 saturated heterocycles. The summed E-state index contributed by atoms with van der Waals surface area (Å²) in [4.78, 5) is 0. The highest BCUT2D eigenvalue weighted by atomic mass is 79.9. The van der Waals surface area contributed by atoms with E-state index in [1.54, 1.807) is 0 Å². The van der Waals surface area contributed by atoms with Gasteiger partial charge in [0, 0.05) is 15.2 Å². The molecule has 4 heteroatoms. The highest BCUT2D eigenvalue weighted by Crippen LogP contribution is 2.23. The van der Waals surface area contributed by atoms with Crippen LogP contribution in [0.5, 0.6) is 0 Å². The highest BCUT2D eigenvalue weighted by molar-refractivity contribution is 9.10. The van der Waals surface area contributed by atoms with Crippen molar-refractivity contribution in [2.75, 3.05) is 0 Å². The Labute approximate surface area is 86.2 Å². The van der Waals surface area contributed by atoms with Crippen LogP contribution in [0.3, 0.4) is 0 Å². The quantitative estimate of drug-likeness (QED) is 0.752. The number of benzene rings is 1. The fourth-order valence-corrected chi connectivity index (χ4v) is 1.82. The Hall–Kier alpha value is -0.350. The van der Waals surface area contributed by atoms with Crippen LogP contribution in [0.2, 0.25) is 0 Å². The lowest BCUT2D eigenvalue weighted by Gasteiger charge is -1.89. The van der Waals surface area contributed by atoms with E-state index in [4.69, 9.17) is 4.52 Å². The van der Waals surface area contributed by atoms with Gasteiger partial charge in [-0.3, -0.25) is 0 Å². The Kier molecular flexibility index (Phi) is 2.19. The van der Waals surface area contributed by atoms with E-state index in [-0.39, 0.29) is 0 Å². The van der Waals surface area contributed by atoms with Crippen molar-refractivity contribution in [3.05, 3.63) is 28.4 Å². The third-order valence-corrected chi connectivity index (χ3v) is 2.66. The number of aromatic nitrogens is 1. The minimum Gasteiger partial charge on any atom is -0.356 e. The number of alkyl halides is 1. The van der Waals surface area contributed by atoms with Crippen molar-refractivity contribution in [3.63, 3.8) is 0 Å². The van der Waals surface area contributed by atoms with E-state index in [9.17, 15) is 0 Å². The molecule has 1 aromatic carbocycles. The minimum atomic E-state index is 0.719. The Balaban J connectivity index is 2.75. The maximum absolute atomic E-state index is 5.09. The predicted molar refractivity (Wildman–Crippen MR) is 54.3 cm³/mol. The largest absolute Gasteiger partial charge is 0.356 e. The molecule has 62 valence electrons. The van der Waals surface area contributed by atoms with Gasteiger partial charge in [-0.15, -0.1) is 0 Å². The molecule has 0 aliphatic carbocycles. The molecule has 0 unspecified atom stereocenters. The molecular weight excluding hydrogens is 286 g/mol. The first kappa shape index (κ1) is 8.26. The fourth-order valence-electron chi connectivity index (χ4n) is 1.06. The first-order valence-corrected chi connectivity index (χ1v) is 5.32. The molecule has 1 heterocycles. The number of rotatable bonds is 1. The van der Waals surface area contributed by atoms with Gasteiger partial charge in [-0.1, -0.05) is 37.0 Å². The molecule has 0 N–H and O–H groups in total. The second-order valence-corrected chi connectivity index (χ2v) is 3.88. The van der Waals surface area contributed by atoms with Crippen LogP contribution in [0.25, 0.3) is 11.0 Å². The lowest BCUT2D eigenvalue weighted by Crippen LogP contribution is -1.75. The molecule has 0 fully saturated rings. The summed E-state index contributed by atoms with van der Waals surface area (Å²) < 4.78 is 6.14. The summed E-state index contributed by atoms with van der Waals surface area (Å²) in [5, 5.41) is 5.69. The molecule has 0 amide bonds. The second kappa shape index (κ2) is 3.18. The zero-order valence-electron chi connectivity index (χ0n) is 6.05. The van der Waals surface area contributed by atoms with E-state index in [2.05, 4.69) is 37.0 Å². The van der Waals surface area contributed by atoms with Gasteiger partial charge in [0.1, 0.15) is 5.69 Å². The van der Waals surface area contributed by atoms with Crippen molar-refractivity contribution in [2.24, 2.45) is 0 Å². The summed E-state index contributed by atoms with van der Waals surface area (Å²) in [7, 11) is 0. The standard InChI is InChI=1S/C8H5Br2NO/c9-4-7-6-3-5(10)1-2-8(6)12-11-7/h1-3H,4H2. The van der Waals surface area contributed by atoms with Crippen molar-refractivity contribution < 1.29 is 4.52 Å². The number of hydrogen-bond donors (Lipinski definition) is 0. The Morgan fingerprint density at radius 2 is 2.25 bits per heavy atom. The van der Waals surface area contributed by atoms with Crippen LogP contribution >= 0.6 is 31.9 Å². The van der Waals surface area contributed by atoms with Crippen molar-refractivity contribution in [1.29, 1.82) is 0 Å². The summed E-state index contributed by atoms with van der Waals surface area (Å²) in [5.41, 5.74) is 1.76. The van der Waals surface area contributed by atoms with Crippen LogP contribution in [0.1, 0.15) is 5.69 Å². The van der Waals surface area contributed by atoms with E-state index in [0.29, 0.717) is 0 Å². The average molecular weight is 291 g/mol. The lowest BCUT2D eigenvalue weighted by molar-refractivity contribution is 0.450. The number of halogens is 2. The highest BCUT2D eigenvalue weighted by Gasteiger charge is 2.05. The molecule has 0 bridgehead atoms. The molecule has 0 aliphatic heterocycles. The average Bonchev–Trinajstić information content (AvgIpc) is 2.46. The zero-order valence-corrected chi connectivity index (χ0v) is 9.22. The molecule has 0 saturated carbocycles. The van der Waals surface area contributed by atoms with E-state index < -0.39 is 0 Å². The smallest absolute Gasteiger partial charge is 0.167 e. The van der Waals surface area contributed by atoms with Gasteiger partial charge in [-0.2, -0.15) is 0 Å². The molecule has 12 heavy (non-hydrogen) atoms. The summed E-state index contributed by atoms with van der Waals surface area (Å²) in [6.45, 7) is 0. The van der Waals surface area contributed by atoms with Crippen LogP contribution in [-0.2, 0) is 5.33 Å². The minimum absolute atomic E-state index is 0.719. The van der Waals surface area contributed by atoms with Gasteiger partial charge >= 0.3 is 0 Å². The van der Waals surface area contributed by atoms with Crippen molar-refractivity contribution in [1.82, 2.24) is 5.16 Å². The van der Waals surface area contributed by atoms with E-state index >= 15 is 0 Å². The molecule has 0 spiro atoms. The molecule has 1 aromatic heterocycles. The van der Waals surface area contributed by atoms with Crippen LogP contribution in [-0.4, -0.2) is 5.16 Å². The van der Waals surface area contributed by atoms with Gasteiger partial charge < -0.3 is 4.52 Å². The van der Waals surface area contributed by atoms with Crippen molar-refractivity contribution >= 4 is 42.8 Å². The maximum atomic E-state index is 5.09. The number of hydrogen-bond acceptors (Lipinski definition) is 2. The maximum Gasteiger partial charge on any atom is 0.167 e. The van der Waals surface area contributed by atoms with Crippen LogP contribution < -0.4 is 0 Å². The zero-order chi connectivity index (χ0) is 8.55. The Morgan fingerprint density at radius 1 is 1.42 bits per heavy atom. The molecule has 0 aliphatic rings. The van der Waals surface area contributed by atoms with E-state index in [1.807, 2.05) is 18.2 Å². The van der Waals surface area contributed by atoms with Crippen LogP contribution in [0, 0.1) is 0 Å². The molecule has 2 aromatic rings. The van der Waals surface area contributed by atoms with Crippen LogP contribution in [0.4, 0.5) is 0 Å². The third kappa shape index (κ3) is 1.29. The first-order chi connectivity index (χ1) is 5.81. The van der Waals surface area contributed by atoms with Gasteiger partial charge in [-0.05, 0) is 18.2 Å². The Morgan fingerprint density at radius 3 is 3.00 bits per heavy atom. The summed E-state index contributed by atoms with van der Waals surface area (Å²) in [5.74, 6) is 0. The number of fused-ring (bicyclic) bond motifs is 1. The normalized spacial score (nSPS) is 10.8. The molecule has 0 atom stereocenters. The van der Waals surface area contributed by atoms with Gasteiger partial charge in [0.25, 0.3) is 0 Å². The first-order valence-electron chi connectivity index (χ1n) is 3.41. The van der Waals surface area contributed by atoms with Gasteiger partial charge in [0.15, 0.2) is 5.58 Å². The molecule has 2 rings (SSSR count). The summed E-state index contributed by atoms with van der Waals surface area (Å²) >= 11 is 6.74. The number of nitrogens with zero attached hydrogens (tertiary/aromatic N) is 1. The topological polar surface area (TPSA) is 26.0 Å². The second-order valence-electron chi connectivity index (χ2n) is 2.40. The van der Waals surface area contributed by atoms with Crippen molar-refractivity contribution in [3.8, 4) is 0 Å². The van der Waals surface area contributed by atoms with E-state index in [1.165, 1.54) is 0 Å². The monoisotopic (exact) mass is 289 g/mol. The van der Waals surface area contributed by atoms with Crippen molar-refractivity contribution in [2.45, 2.75) is 5.33 Å². The summed E-state index contributed by atoms with van der Waals surface area (Å²) in [6, 6.07) is 5.84. The van der Waals surface area contributed by atoms with Gasteiger partial charge in [0.2, 0.25) is 0 Å². The summed E-state index contributed by atoms with van der Waals surface area (Å²) in [6.07, 6.45) is 0. The third-order valence-electron chi connectivity index (χ3n) is 1.63. The van der Waals surface area contributed by atoms with Gasteiger partial charge in [0.05, 0.1) is 0 Å². The molecular formula is C8H5Br2NO. The van der Waals surface area contributed by atoms with Crippen LogP contribution in [0.15, 0.2) is 27.2 Å². The molecule has 2 nitrogen and oxygen atoms in total. The van der Waals surface area contributed by atoms with E-state index in [0.717, 1.165) is 26.5 Å². The fraction of sp³-hybridized carbons (Fsp3) is 0.125. The predicted octanol–water partition coefficient (Wildman–Crippen LogP) is 3.49.